The number of benzene rings is 1. The lowest BCUT2D eigenvalue weighted by Gasteiger charge is -2.39. The summed E-state index contributed by atoms with van der Waals surface area (Å²) in [6.45, 7) is 3.33. The van der Waals surface area contributed by atoms with Crippen LogP contribution in [0.3, 0.4) is 0 Å². The lowest BCUT2D eigenvalue weighted by molar-refractivity contribution is -0.151. The maximum atomic E-state index is 12.0. The van der Waals surface area contributed by atoms with Gasteiger partial charge in [-0.15, -0.1) is 0 Å². The summed E-state index contributed by atoms with van der Waals surface area (Å²) in [6, 6.07) is 12.2. The molecule has 3 rings (SSSR count). The summed E-state index contributed by atoms with van der Waals surface area (Å²) in [5.41, 5.74) is 0.671. The van der Waals surface area contributed by atoms with Crippen LogP contribution in [0.5, 0.6) is 0 Å². The smallest absolute Gasteiger partial charge is 0.309 e. The highest BCUT2D eigenvalue weighted by molar-refractivity contribution is 5.75. The molecular weight excluding hydrogens is 314 g/mol. The van der Waals surface area contributed by atoms with Gasteiger partial charge in [0, 0.05) is 19.3 Å². The molecule has 1 aliphatic heterocycles. The van der Waals surface area contributed by atoms with Crippen LogP contribution in [-0.4, -0.2) is 34.1 Å². The Morgan fingerprint density at radius 2 is 1.92 bits per heavy atom. The maximum Gasteiger partial charge on any atom is 0.309 e. The van der Waals surface area contributed by atoms with Gasteiger partial charge in [-0.1, -0.05) is 30.3 Å². The first-order valence-electron chi connectivity index (χ1n) is 8.91. The van der Waals surface area contributed by atoms with Gasteiger partial charge in [0.15, 0.2) is 0 Å². The van der Waals surface area contributed by atoms with E-state index < -0.39 is 11.4 Å². The van der Waals surface area contributed by atoms with E-state index in [9.17, 15) is 9.90 Å². The normalized spacial score (nSPS) is 16.6. The SMILES string of the molecule is Cc1nccc(N2CCC(CCCc3ccccc3)(C(=O)O)CC2)n1. The summed E-state index contributed by atoms with van der Waals surface area (Å²) in [6.07, 6.45) is 5.67. The lowest BCUT2D eigenvalue weighted by atomic mass is 9.74. The molecule has 5 nitrogen and oxygen atoms in total. The molecule has 1 aromatic carbocycles. The second kappa shape index (κ2) is 7.64. The van der Waals surface area contributed by atoms with Crippen molar-refractivity contribution >= 4 is 11.8 Å². The summed E-state index contributed by atoms with van der Waals surface area (Å²) < 4.78 is 0. The zero-order valence-corrected chi connectivity index (χ0v) is 14.7. The maximum absolute atomic E-state index is 12.0. The van der Waals surface area contributed by atoms with Gasteiger partial charge in [-0.25, -0.2) is 9.97 Å². The Bertz CT molecular complexity index is 710. The van der Waals surface area contributed by atoms with E-state index in [0.29, 0.717) is 12.8 Å². The van der Waals surface area contributed by atoms with Crippen molar-refractivity contribution in [3.63, 3.8) is 0 Å². The van der Waals surface area contributed by atoms with Crippen LogP contribution in [0, 0.1) is 12.3 Å². The molecule has 1 aromatic heterocycles. The lowest BCUT2D eigenvalue weighted by Crippen LogP contribution is -2.44. The van der Waals surface area contributed by atoms with Crippen molar-refractivity contribution in [2.75, 3.05) is 18.0 Å². The summed E-state index contributed by atoms with van der Waals surface area (Å²) >= 11 is 0. The molecular formula is C20H25N3O2. The Labute approximate surface area is 148 Å². The fraction of sp³-hybridized carbons (Fsp3) is 0.450. The van der Waals surface area contributed by atoms with Crippen LogP contribution in [0.2, 0.25) is 0 Å². The molecule has 0 unspecified atom stereocenters. The highest BCUT2D eigenvalue weighted by atomic mass is 16.4. The third-order valence-corrected chi connectivity index (χ3v) is 5.22. The minimum atomic E-state index is -0.654. The Morgan fingerprint density at radius 1 is 1.20 bits per heavy atom. The van der Waals surface area contributed by atoms with Gasteiger partial charge in [-0.05, 0) is 50.7 Å². The van der Waals surface area contributed by atoms with E-state index in [1.807, 2.05) is 31.2 Å². The predicted molar refractivity (Wildman–Crippen MR) is 97.7 cm³/mol. The number of aromatic nitrogens is 2. The number of hydrogen-bond acceptors (Lipinski definition) is 4. The van der Waals surface area contributed by atoms with Crippen LogP contribution in [0.25, 0.3) is 0 Å². The Hall–Kier alpha value is -2.43. The molecule has 2 aromatic rings. The number of piperidine rings is 1. The number of aliphatic carboxylic acids is 1. The second-order valence-corrected chi connectivity index (χ2v) is 6.87. The minimum absolute atomic E-state index is 0.604. The Balaban J connectivity index is 1.60. The second-order valence-electron chi connectivity index (χ2n) is 6.87. The van der Waals surface area contributed by atoms with Crippen LogP contribution in [0.15, 0.2) is 42.6 Å². The average Bonchev–Trinajstić information content (AvgIpc) is 2.63. The van der Waals surface area contributed by atoms with Gasteiger partial charge >= 0.3 is 5.97 Å². The zero-order chi connectivity index (χ0) is 17.7. The van der Waals surface area contributed by atoms with Gasteiger partial charge in [0.05, 0.1) is 5.41 Å². The average molecular weight is 339 g/mol. The molecule has 5 heteroatoms. The first-order valence-corrected chi connectivity index (χ1v) is 8.91. The van der Waals surface area contributed by atoms with Crippen LogP contribution in [0.4, 0.5) is 5.82 Å². The molecule has 1 N–H and O–H groups in total. The minimum Gasteiger partial charge on any atom is -0.481 e. The highest BCUT2D eigenvalue weighted by Crippen LogP contribution is 2.38. The molecule has 0 amide bonds. The van der Waals surface area contributed by atoms with Gasteiger partial charge < -0.3 is 10.0 Å². The van der Waals surface area contributed by atoms with Crippen LogP contribution in [0.1, 0.15) is 37.1 Å². The molecule has 132 valence electrons. The largest absolute Gasteiger partial charge is 0.481 e. The zero-order valence-electron chi connectivity index (χ0n) is 14.7. The summed E-state index contributed by atoms with van der Waals surface area (Å²) in [4.78, 5) is 22.7. The Kier molecular flexibility index (Phi) is 5.31. The van der Waals surface area contributed by atoms with E-state index >= 15 is 0 Å². The third kappa shape index (κ3) is 4.16. The van der Waals surface area contributed by atoms with E-state index in [1.54, 1.807) is 6.20 Å². The van der Waals surface area contributed by atoms with Crippen molar-refractivity contribution in [2.24, 2.45) is 5.41 Å². The number of carbonyl (C=O) groups is 1. The topological polar surface area (TPSA) is 66.3 Å². The summed E-state index contributed by atoms with van der Waals surface area (Å²) in [5.74, 6) is 0.991. The van der Waals surface area contributed by atoms with Crippen LogP contribution >= 0.6 is 0 Å². The summed E-state index contributed by atoms with van der Waals surface area (Å²) in [5, 5.41) is 9.84. The first kappa shape index (κ1) is 17.4. The van der Waals surface area contributed by atoms with Gasteiger partial charge in [-0.3, -0.25) is 4.79 Å². The predicted octanol–water partition coefficient (Wildman–Crippen LogP) is 3.48. The number of hydrogen-bond donors (Lipinski definition) is 1. The van der Waals surface area contributed by atoms with Gasteiger partial charge in [0.1, 0.15) is 11.6 Å². The molecule has 0 radical (unpaired) electrons. The van der Waals surface area contributed by atoms with E-state index in [0.717, 1.165) is 44.0 Å². The molecule has 25 heavy (non-hydrogen) atoms. The molecule has 1 fully saturated rings. The number of rotatable bonds is 6. The van der Waals surface area contributed by atoms with Crippen LogP contribution in [-0.2, 0) is 11.2 Å². The standard InChI is InChI=1S/C20H25N3O2/c1-16-21-13-9-18(22-16)23-14-11-20(12-15-23,19(24)25)10-5-8-17-6-3-2-4-7-17/h2-4,6-7,9,13H,5,8,10-12,14-15H2,1H3,(H,24,25). The molecule has 1 saturated heterocycles. The van der Waals surface area contributed by atoms with E-state index in [2.05, 4.69) is 27.0 Å². The monoisotopic (exact) mass is 339 g/mol. The molecule has 0 saturated carbocycles. The fourth-order valence-corrected chi connectivity index (χ4v) is 3.63. The first-order chi connectivity index (χ1) is 12.1. The summed E-state index contributed by atoms with van der Waals surface area (Å²) in [7, 11) is 0. The van der Waals surface area contributed by atoms with E-state index in [-0.39, 0.29) is 0 Å². The van der Waals surface area contributed by atoms with E-state index in [1.165, 1.54) is 5.56 Å². The van der Waals surface area contributed by atoms with Crippen molar-refractivity contribution in [3.8, 4) is 0 Å². The number of anilines is 1. The number of nitrogens with zero attached hydrogens (tertiary/aromatic N) is 3. The van der Waals surface area contributed by atoms with Crippen LogP contribution < -0.4 is 4.90 Å². The van der Waals surface area contributed by atoms with Crippen molar-refractivity contribution < 1.29 is 9.90 Å². The molecule has 0 aliphatic carbocycles. The number of carboxylic acids is 1. The highest BCUT2D eigenvalue weighted by Gasteiger charge is 2.41. The third-order valence-electron chi connectivity index (χ3n) is 5.22. The molecule has 2 heterocycles. The number of carboxylic acid groups (broad SMARTS) is 1. The van der Waals surface area contributed by atoms with E-state index in [4.69, 9.17) is 0 Å². The molecule has 0 atom stereocenters. The van der Waals surface area contributed by atoms with Crippen molar-refractivity contribution in [1.82, 2.24) is 9.97 Å². The number of aryl methyl sites for hydroxylation is 2. The van der Waals surface area contributed by atoms with Gasteiger partial charge in [0.2, 0.25) is 0 Å². The molecule has 0 spiro atoms. The Morgan fingerprint density at radius 3 is 2.56 bits per heavy atom. The van der Waals surface area contributed by atoms with Crippen molar-refractivity contribution in [2.45, 2.75) is 39.0 Å². The fourth-order valence-electron chi connectivity index (χ4n) is 3.63. The van der Waals surface area contributed by atoms with Gasteiger partial charge in [-0.2, -0.15) is 0 Å². The van der Waals surface area contributed by atoms with Crippen molar-refractivity contribution in [3.05, 3.63) is 54.0 Å². The molecule has 1 aliphatic rings. The van der Waals surface area contributed by atoms with Crippen molar-refractivity contribution in [1.29, 1.82) is 0 Å². The molecule has 0 bridgehead atoms. The quantitative estimate of drug-likeness (QED) is 0.873. The van der Waals surface area contributed by atoms with Gasteiger partial charge in [0.25, 0.3) is 0 Å².